The van der Waals surface area contributed by atoms with Crippen LogP contribution in [-0.4, -0.2) is 6.54 Å². The third-order valence-corrected chi connectivity index (χ3v) is 3.29. The molecular weight excluding hydrogens is 189 g/mol. The molecule has 0 heterocycles. The Morgan fingerprint density at radius 1 is 1.27 bits per heavy atom. The van der Waals surface area contributed by atoms with E-state index in [9.17, 15) is 4.39 Å². The average Bonchev–Trinajstić information content (AvgIpc) is 2.16. The molecule has 1 unspecified atom stereocenters. The predicted molar refractivity (Wildman–Crippen MR) is 60.4 cm³/mol. The van der Waals surface area contributed by atoms with Gasteiger partial charge in [-0.25, -0.2) is 4.39 Å². The van der Waals surface area contributed by atoms with Gasteiger partial charge in [0.25, 0.3) is 0 Å². The summed E-state index contributed by atoms with van der Waals surface area (Å²) in [4.78, 5) is 0. The van der Waals surface area contributed by atoms with Gasteiger partial charge in [-0.1, -0.05) is 30.7 Å². The molecule has 0 spiro atoms. The minimum atomic E-state index is -0.759. The van der Waals surface area contributed by atoms with Crippen LogP contribution in [0.2, 0.25) is 0 Å². The third-order valence-electron chi connectivity index (χ3n) is 3.29. The molecule has 2 rings (SSSR count). The van der Waals surface area contributed by atoms with Gasteiger partial charge in [-0.3, -0.25) is 0 Å². The van der Waals surface area contributed by atoms with Crippen molar-refractivity contribution in [2.24, 2.45) is 11.7 Å². The number of halogens is 1. The topological polar surface area (TPSA) is 26.0 Å². The normalized spacial score (nSPS) is 18.5. The summed E-state index contributed by atoms with van der Waals surface area (Å²) < 4.78 is 13.9. The van der Waals surface area contributed by atoms with Crippen LogP contribution in [0.5, 0.6) is 0 Å². The van der Waals surface area contributed by atoms with E-state index in [0.717, 1.165) is 24.8 Å². The molecular formula is C13H18FN. The van der Waals surface area contributed by atoms with Crippen molar-refractivity contribution < 1.29 is 4.39 Å². The maximum Gasteiger partial charge on any atom is 0.128 e. The van der Waals surface area contributed by atoms with Crippen LogP contribution < -0.4 is 5.73 Å². The Morgan fingerprint density at radius 3 is 2.40 bits per heavy atom. The van der Waals surface area contributed by atoms with E-state index in [1.807, 2.05) is 24.3 Å². The van der Waals surface area contributed by atoms with E-state index in [2.05, 4.69) is 0 Å². The van der Waals surface area contributed by atoms with Crippen molar-refractivity contribution >= 4 is 0 Å². The van der Waals surface area contributed by atoms with Crippen molar-refractivity contribution in [2.75, 3.05) is 6.54 Å². The van der Waals surface area contributed by atoms with Crippen LogP contribution >= 0.6 is 0 Å². The van der Waals surface area contributed by atoms with Gasteiger partial charge in [-0.2, -0.15) is 0 Å². The van der Waals surface area contributed by atoms with Crippen LogP contribution in [0.1, 0.15) is 36.6 Å². The zero-order valence-electron chi connectivity index (χ0n) is 8.95. The van der Waals surface area contributed by atoms with Gasteiger partial charge >= 0.3 is 0 Å². The Bertz CT molecular complexity index is 303. The molecule has 1 saturated carbocycles. The lowest BCUT2D eigenvalue weighted by Gasteiger charge is -2.28. The standard InChI is InChI=1S/C13H18FN/c14-13(11-2-1-3-11)12-6-4-10(5-7-12)8-9-15/h4-7,11,13H,1-3,8-9,15H2. The molecule has 0 aliphatic heterocycles. The number of hydrogen-bond donors (Lipinski definition) is 1. The first kappa shape index (κ1) is 10.6. The van der Waals surface area contributed by atoms with Gasteiger partial charge in [0.05, 0.1) is 0 Å². The van der Waals surface area contributed by atoms with Crippen molar-refractivity contribution in [3.63, 3.8) is 0 Å². The second-order valence-electron chi connectivity index (χ2n) is 4.37. The maximum atomic E-state index is 13.9. The second kappa shape index (κ2) is 4.75. The highest BCUT2D eigenvalue weighted by Gasteiger charge is 2.27. The van der Waals surface area contributed by atoms with Crippen molar-refractivity contribution in [1.29, 1.82) is 0 Å². The maximum absolute atomic E-state index is 13.9. The van der Waals surface area contributed by atoms with Crippen molar-refractivity contribution in [3.8, 4) is 0 Å². The first-order valence-electron chi connectivity index (χ1n) is 5.74. The van der Waals surface area contributed by atoms with E-state index in [4.69, 9.17) is 5.73 Å². The summed E-state index contributed by atoms with van der Waals surface area (Å²) in [5, 5.41) is 0. The fourth-order valence-corrected chi connectivity index (χ4v) is 2.04. The molecule has 2 N–H and O–H groups in total. The molecule has 15 heavy (non-hydrogen) atoms. The summed E-state index contributed by atoms with van der Waals surface area (Å²) in [7, 11) is 0. The van der Waals surface area contributed by atoms with Gasteiger partial charge in [0.1, 0.15) is 6.17 Å². The molecule has 1 fully saturated rings. The van der Waals surface area contributed by atoms with E-state index in [1.54, 1.807) is 0 Å². The lowest BCUT2D eigenvalue weighted by atomic mass is 9.79. The highest BCUT2D eigenvalue weighted by Crippen LogP contribution is 2.40. The first-order valence-corrected chi connectivity index (χ1v) is 5.74. The number of benzene rings is 1. The minimum Gasteiger partial charge on any atom is -0.330 e. The number of hydrogen-bond acceptors (Lipinski definition) is 1. The Hall–Kier alpha value is -0.890. The highest BCUT2D eigenvalue weighted by atomic mass is 19.1. The van der Waals surface area contributed by atoms with E-state index < -0.39 is 6.17 Å². The summed E-state index contributed by atoms with van der Waals surface area (Å²) in [6.07, 6.45) is 3.40. The average molecular weight is 207 g/mol. The Kier molecular flexibility index (Phi) is 3.37. The number of nitrogens with two attached hydrogens (primary N) is 1. The van der Waals surface area contributed by atoms with Gasteiger partial charge in [0.15, 0.2) is 0 Å². The zero-order valence-corrected chi connectivity index (χ0v) is 8.95. The molecule has 0 amide bonds. The van der Waals surface area contributed by atoms with E-state index in [-0.39, 0.29) is 5.92 Å². The highest BCUT2D eigenvalue weighted by molar-refractivity contribution is 5.25. The van der Waals surface area contributed by atoms with Crippen molar-refractivity contribution in [3.05, 3.63) is 35.4 Å². The molecule has 0 bridgehead atoms. The number of alkyl halides is 1. The molecule has 0 aromatic heterocycles. The van der Waals surface area contributed by atoms with Crippen LogP contribution in [0, 0.1) is 5.92 Å². The summed E-state index contributed by atoms with van der Waals surface area (Å²) in [5.74, 6) is 0.269. The summed E-state index contributed by atoms with van der Waals surface area (Å²) in [6, 6.07) is 7.81. The van der Waals surface area contributed by atoms with E-state index in [1.165, 1.54) is 12.0 Å². The molecule has 2 heteroatoms. The molecule has 1 aromatic rings. The van der Waals surface area contributed by atoms with Crippen LogP contribution in [-0.2, 0) is 6.42 Å². The SMILES string of the molecule is NCCc1ccc(C(F)C2CCC2)cc1. The molecule has 1 aliphatic carbocycles. The second-order valence-corrected chi connectivity index (χ2v) is 4.37. The summed E-state index contributed by atoms with van der Waals surface area (Å²) in [5.41, 5.74) is 7.49. The molecule has 82 valence electrons. The Balaban J connectivity index is 2.02. The third kappa shape index (κ3) is 2.37. The van der Waals surface area contributed by atoms with Gasteiger partial charge in [-0.05, 0) is 42.9 Å². The zero-order chi connectivity index (χ0) is 10.7. The van der Waals surface area contributed by atoms with Crippen LogP contribution in [0.3, 0.4) is 0 Å². The Morgan fingerprint density at radius 2 is 1.93 bits per heavy atom. The van der Waals surface area contributed by atoms with Gasteiger partial charge < -0.3 is 5.73 Å². The van der Waals surface area contributed by atoms with E-state index >= 15 is 0 Å². The summed E-state index contributed by atoms with van der Waals surface area (Å²) in [6.45, 7) is 0.654. The molecule has 0 radical (unpaired) electrons. The van der Waals surface area contributed by atoms with Gasteiger partial charge in [-0.15, -0.1) is 0 Å². The molecule has 0 saturated heterocycles. The van der Waals surface area contributed by atoms with Crippen LogP contribution in [0.15, 0.2) is 24.3 Å². The van der Waals surface area contributed by atoms with Crippen LogP contribution in [0.4, 0.5) is 4.39 Å². The van der Waals surface area contributed by atoms with Crippen LogP contribution in [0.25, 0.3) is 0 Å². The molecule has 1 aliphatic rings. The lowest BCUT2D eigenvalue weighted by Crippen LogP contribution is -2.17. The quantitative estimate of drug-likeness (QED) is 0.807. The molecule has 1 atom stereocenters. The fraction of sp³-hybridized carbons (Fsp3) is 0.538. The minimum absolute atomic E-state index is 0.269. The fourth-order valence-electron chi connectivity index (χ4n) is 2.04. The molecule has 1 aromatic carbocycles. The molecule has 1 nitrogen and oxygen atoms in total. The predicted octanol–water partition coefficient (Wildman–Crippen LogP) is 3.00. The smallest absolute Gasteiger partial charge is 0.128 e. The van der Waals surface area contributed by atoms with Gasteiger partial charge in [0, 0.05) is 0 Å². The monoisotopic (exact) mass is 207 g/mol. The largest absolute Gasteiger partial charge is 0.330 e. The van der Waals surface area contributed by atoms with Crippen molar-refractivity contribution in [1.82, 2.24) is 0 Å². The Labute approximate surface area is 90.5 Å². The first-order chi connectivity index (χ1) is 7.31. The van der Waals surface area contributed by atoms with Crippen molar-refractivity contribution in [2.45, 2.75) is 31.9 Å². The summed E-state index contributed by atoms with van der Waals surface area (Å²) >= 11 is 0. The lowest BCUT2D eigenvalue weighted by molar-refractivity contribution is 0.150. The van der Waals surface area contributed by atoms with E-state index in [0.29, 0.717) is 6.54 Å². The van der Waals surface area contributed by atoms with Gasteiger partial charge in [0.2, 0.25) is 0 Å². The number of rotatable bonds is 4.